The summed E-state index contributed by atoms with van der Waals surface area (Å²) in [5.74, 6) is 1.02. The summed E-state index contributed by atoms with van der Waals surface area (Å²) in [6.45, 7) is 3.07. The van der Waals surface area contributed by atoms with E-state index in [1.54, 1.807) is 12.1 Å². The number of carbonyl (C=O) groups is 1. The minimum atomic E-state index is 0.173. The molecule has 1 aliphatic rings. The number of halogens is 1. The van der Waals surface area contributed by atoms with Crippen LogP contribution in [-0.2, 0) is 0 Å². The van der Waals surface area contributed by atoms with Gasteiger partial charge in [0.1, 0.15) is 0 Å². The summed E-state index contributed by atoms with van der Waals surface area (Å²) in [6.07, 6.45) is 3.25. The summed E-state index contributed by atoms with van der Waals surface area (Å²) < 4.78 is 0. The topological polar surface area (TPSA) is 20.3 Å². The Balaban J connectivity index is 1.84. The molecule has 1 fully saturated rings. The van der Waals surface area contributed by atoms with Crippen LogP contribution in [0.15, 0.2) is 24.3 Å². The van der Waals surface area contributed by atoms with Crippen molar-refractivity contribution in [2.45, 2.75) is 32.2 Å². The number of nitrogens with zero attached hydrogens (tertiary/aromatic N) is 1. The van der Waals surface area contributed by atoms with E-state index in [1.807, 2.05) is 12.1 Å². The maximum Gasteiger partial charge on any atom is 0.164 e. The standard InChI is InChI=1S/C15H20ClNO/c1-11(12-6-7-12)17(2)9-8-15(18)13-4-3-5-14(16)10-13/h3-5,10-12H,6-9H2,1-2H3. The van der Waals surface area contributed by atoms with Crippen LogP contribution < -0.4 is 0 Å². The Hall–Kier alpha value is -0.860. The van der Waals surface area contributed by atoms with Gasteiger partial charge in [-0.3, -0.25) is 4.79 Å². The minimum Gasteiger partial charge on any atom is -0.303 e. The SMILES string of the molecule is CC(C1CC1)N(C)CCC(=O)c1cccc(Cl)c1. The van der Waals surface area contributed by atoms with E-state index in [2.05, 4.69) is 18.9 Å². The van der Waals surface area contributed by atoms with Crippen LogP contribution in [0.4, 0.5) is 0 Å². The molecule has 1 aromatic carbocycles. The number of carbonyl (C=O) groups excluding carboxylic acids is 1. The van der Waals surface area contributed by atoms with E-state index in [9.17, 15) is 4.79 Å². The van der Waals surface area contributed by atoms with Crippen molar-refractivity contribution in [1.82, 2.24) is 4.90 Å². The number of benzene rings is 1. The third-order valence-electron chi connectivity index (χ3n) is 3.84. The van der Waals surface area contributed by atoms with Crippen molar-refractivity contribution >= 4 is 17.4 Å². The van der Waals surface area contributed by atoms with Gasteiger partial charge >= 0.3 is 0 Å². The van der Waals surface area contributed by atoms with Crippen LogP contribution in [0, 0.1) is 5.92 Å². The molecule has 0 radical (unpaired) electrons. The highest BCUT2D eigenvalue weighted by Crippen LogP contribution is 2.34. The van der Waals surface area contributed by atoms with E-state index in [0.29, 0.717) is 17.5 Å². The molecule has 1 saturated carbocycles. The van der Waals surface area contributed by atoms with Crippen LogP contribution in [0.3, 0.4) is 0 Å². The third kappa shape index (κ3) is 3.56. The van der Waals surface area contributed by atoms with E-state index in [-0.39, 0.29) is 5.78 Å². The van der Waals surface area contributed by atoms with Crippen LogP contribution in [0.1, 0.15) is 36.5 Å². The van der Waals surface area contributed by atoms with Gasteiger partial charge in [-0.25, -0.2) is 0 Å². The van der Waals surface area contributed by atoms with Crippen molar-refractivity contribution in [2.24, 2.45) is 5.92 Å². The van der Waals surface area contributed by atoms with Gasteiger partial charge in [-0.05, 0) is 44.9 Å². The van der Waals surface area contributed by atoms with Gasteiger partial charge in [0.25, 0.3) is 0 Å². The predicted octanol–water partition coefficient (Wildman–Crippen LogP) is 3.64. The van der Waals surface area contributed by atoms with Crippen molar-refractivity contribution in [3.05, 3.63) is 34.9 Å². The molecular formula is C15H20ClNO. The number of hydrogen-bond donors (Lipinski definition) is 0. The smallest absolute Gasteiger partial charge is 0.164 e. The van der Waals surface area contributed by atoms with Crippen LogP contribution in [0.2, 0.25) is 5.02 Å². The summed E-state index contributed by atoms with van der Waals surface area (Å²) in [6, 6.07) is 7.79. The maximum atomic E-state index is 12.0. The zero-order valence-corrected chi connectivity index (χ0v) is 11.8. The molecule has 18 heavy (non-hydrogen) atoms. The number of hydrogen-bond acceptors (Lipinski definition) is 2. The van der Waals surface area contributed by atoms with Gasteiger partial charge in [0.2, 0.25) is 0 Å². The van der Waals surface area contributed by atoms with Crippen LogP contribution in [0.5, 0.6) is 0 Å². The molecule has 1 aromatic rings. The van der Waals surface area contributed by atoms with E-state index >= 15 is 0 Å². The molecule has 0 amide bonds. The molecule has 0 bridgehead atoms. The van der Waals surface area contributed by atoms with Gasteiger partial charge in [0, 0.05) is 29.6 Å². The average molecular weight is 266 g/mol. The first kappa shape index (κ1) is 13.6. The Labute approximate surface area is 114 Å². The fraction of sp³-hybridized carbons (Fsp3) is 0.533. The Morgan fingerprint density at radius 3 is 2.83 bits per heavy atom. The molecule has 0 aliphatic heterocycles. The van der Waals surface area contributed by atoms with E-state index in [4.69, 9.17) is 11.6 Å². The molecule has 1 atom stereocenters. The first-order valence-electron chi connectivity index (χ1n) is 6.57. The minimum absolute atomic E-state index is 0.173. The maximum absolute atomic E-state index is 12.0. The second-order valence-corrected chi connectivity index (χ2v) is 5.68. The Kier molecular flexibility index (Phi) is 4.41. The molecule has 1 aliphatic carbocycles. The molecule has 0 saturated heterocycles. The van der Waals surface area contributed by atoms with Crippen LogP contribution in [-0.4, -0.2) is 30.3 Å². The van der Waals surface area contributed by atoms with Crippen molar-refractivity contribution < 1.29 is 4.79 Å². The molecule has 0 spiro atoms. The second-order valence-electron chi connectivity index (χ2n) is 5.24. The Morgan fingerprint density at radius 1 is 1.50 bits per heavy atom. The van der Waals surface area contributed by atoms with Crippen LogP contribution >= 0.6 is 11.6 Å². The normalized spacial score (nSPS) is 16.9. The quantitative estimate of drug-likeness (QED) is 0.732. The summed E-state index contributed by atoms with van der Waals surface area (Å²) in [5.41, 5.74) is 0.718. The van der Waals surface area contributed by atoms with Gasteiger partial charge < -0.3 is 4.90 Å². The zero-order chi connectivity index (χ0) is 13.1. The number of rotatable bonds is 6. The summed E-state index contributed by atoms with van der Waals surface area (Å²) in [5, 5.41) is 0.626. The summed E-state index contributed by atoms with van der Waals surface area (Å²) in [4.78, 5) is 14.3. The largest absolute Gasteiger partial charge is 0.303 e. The molecule has 3 heteroatoms. The lowest BCUT2D eigenvalue weighted by molar-refractivity contribution is 0.0959. The number of Topliss-reactive ketones (excluding diaryl/α,β-unsaturated/α-hetero) is 1. The third-order valence-corrected chi connectivity index (χ3v) is 4.07. The molecule has 1 unspecified atom stereocenters. The zero-order valence-electron chi connectivity index (χ0n) is 11.0. The van der Waals surface area contributed by atoms with Gasteiger partial charge in [-0.15, -0.1) is 0 Å². The average Bonchev–Trinajstić information content (AvgIpc) is 3.18. The van der Waals surface area contributed by atoms with Crippen molar-refractivity contribution in [3.63, 3.8) is 0 Å². The Bertz CT molecular complexity index is 428. The monoisotopic (exact) mass is 265 g/mol. The van der Waals surface area contributed by atoms with E-state index in [1.165, 1.54) is 12.8 Å². The molecule has 0 heterocycles. The van der Waals surface area contributed by atoms with Crippen molar-refractivity contribution in [2.75, 3.05) is 13.6 Å². The van der Waals surface area contributed by atoms with Gasteiger partial charge in [-0.2, -0.15) is 0 Å². The highest BCUT2D eigenvalue weighted by molar-refractivity contribution is 6.31. The highest BCUT2D eigenvalue weighted by Gasteiger charge is 2.30. The fourth-order valence-electron chi connectivity index (χ4n) is 2.23. The lowest BCUT2D eigenvalue weighted by atomic mass is 10.1. The summed E-state index contributed by atoms with van der Waals surface area (Å²) in [7, 11) is 2.11. The highest BCUT2D eigenvalue weighted by atomic mass is 35.5. The fourth-order valence-corrected chi connectivity index (χ4v) is 2.42. The van der Waals surface area contributed by atoms with Crippen LogP contribution in [0.25, 0.3) is 0 Å². The second kappa shape index (κ2) is 5.85. The molecule has 2 rings (SSSR count). The predicted molar refractivity (Wildman–Crippen MR) is 75.2 cm³/mol. The van der Waals surface area contributed by atoms with Crippen molar-refractivity contribution in [3.8, 4) is 0 Å². The van der Waals surface area contributed by atoms with Gasteiger partial charge in [0.15, 0.2) is 5.78 Å². The molecular weight excluding hydrogens is 246 g/mol. The first-order chi connectivity index (χ1) is 8.58. The molecule has 0 aromatic heterocycles. The van der Waals surface area contributed by atoms with Gasteiger partial charge in [0.05, 0.1) is 0 Å². The van der Waals surface area contributed by atoms with Gasteiger partial charge in [-0.1, -0.05) is 23.7 Å². The molecule has 98 valence electrons. The van der Waals surface area contributed by atoms with E-state index < -0.39 is 0 Å². The lowest BCUT2D eigenvalue weighted by Gasteiger charge is -2.24. The summed E-state index contributed by atoms with van der Waals surface area (Å²) >= 11 is 5.89. The lowest BCUT2D eigenvalue weighted by Crippen LogP contribution is -2.32. The molecule has 0 N–H and O–H groups in total. The molecule has 2 nitrogen and oxygen atoms in total. The first-order valence-corrected chi connectivity index (χ1v) is 6.94. The number of ketones is 1. The Morgan fingerprint density at radius 2 is 2.22 bits per heavy atom. The van der Waals surface area contributed by atoms with Crippen molar-refractivity contribution in [1.29, 1.82) is 0 Å². The van der Waals surface area contributed by atoms with E-state index in [0.717, 1.165) is 18.0 Å².